The van der Waals surface area contributed by atoms with Gasteiger partial charge in [0.15, 0.2) is 0 Å². The third-order valence-electron chi connectivity index (χ3n) is 13.0. The number of fused-ring (bicyclic) bond motifs is 4. The van der Waals surface area contributed by atoms with Crippen LogP contribution in [0.3, 0.4) is 0 Å². The fourth-order valence-electron chi connectivity index (χ4n) is 10.8. The molecule has 0 aromatic rings. The van der Waals surface area contributed by atoms with Gasteiger partial charge in [-0.2, -0.15) is 0 Å². The van der Waals surface area contributed by atoms with E-state index in [9.17, 15) is 5.11 Å². The molecule has 6 rings (SSSR count). The molecule has 2 aliphatic heterocycles. The molecule has 3 N–H and O–H groups in total. The van der Waals surface area contributed by atoms with Crippen molar-refractivity contribution in [2.45, 2.75) is 142 Å². The van der Waals surface area contributed by atoms with E-state index < -0.39 is 0 Å². The lowest BCUT2D eigenvalue weighted by molar-refractivity contribution is -0.147. The quantitative estimate of drug-likeness (QED) is 0.280. The van der Waals surface area contributed by atoms with Crippen LogP contribution >= 0.6 is 11.6 Å². The number of hydrogen-bond acceptors (Lipinski definition) is 4. The van der Waals surface area contributed by atoms with Crippen molar-refractivity contribution in [3.05, 3.63) is 11.6 Å². The molecule has 1 spiro atoms. The highest BCUT2D eigenvalue weighted by Gasteiger charge is 2.80. The lowest BCUT2D eigenvalue weighted by atomic mass is 9.54. The van der Waals surface area contributed by atoms with Crippen molar-refractivity contribution in [3.8, 4) is 0 Å². The zero-order chi connectivity index (χ0) is 27.6. The van der Waals surface area contributed by atoms with Crippen LogP contribution in [0.25, 0.3) is 0 Å². The molecule has 5 heteroatoms. The van der Waals surface area contributed by atoms with Crippen LogP contribution < -0.4 is 5.73 Å². The Balaban J connectivity index is 0.00000144. The molecule has 2 saturated heterocycles. The van der Waals surface area contributed by atoms with Crippen LogP contribution in [0.4, 0.5) is 0 Å². The Labute approximate surface area is 238 Å². The van der Waals surface area contributed by atoms with E-state index in [1.165, 1.54) is 44.9 Å². The summed E-state index contributed by atoms with van der Waals surface area (Å²) in [5.41, 5.74) is 9.28. The minimum absolute atomic E-state index is 0.0935. The maximum atomic E-state index is 10.4. The third-order valence-corrected chi connectivity index (χ3v) is 13.2. The molecule has 218 valence electrons. The molecule has 10 atom stereocenters. The van der Waals surface area contributed by atoms with Crippen LogP contribution in [-0.4, -0.2) is 52.4 Å². The summed E-state index contributed by atoms with van der Waals surface area (Å²) >= 11 is 6.26. The second-order valence-electron chi connectivity index (χ2n) is 14.6. The zero-order valence-corrected chi connectivity index (χ0v) is 26.1. The van der Waals surface area contributed by atoms with Crippen molar-refractivity contribution < 1.29 is 9.84 Å². The molecule has 2 heterocycles. The van der Waals surface area contributed by atoms with Gasteiger partial charge in [0.25, 0.3) is 0 Å². The fourth-order valence-corrected chi connectivity index (χ4v) is 11.0. The van der Waals surface area contributed by atoms with Crippen molar-refractivity contribution in [2.24, 2.45) is 39.7 Å². The topological polar surface area (TPSA) is 58.7 Å². The number of aliphatic hydroxyl groups is 1. The van der Waals surface area contributed by atoms with Crippen molar-refractivity contribution in [1.82, 2.24) is 4.90 Å². The number of nitrogens with zero attached hydrogens (tertiary/aromatic N) is 1. The molecular weight excluding hydrogens is 492 g/mol. The van der Waals surface area contributed by atoms with Crippen molar-refractivity contribution in [3.63, 3.8) is 0 Å². The Bertz CT molecular complexity index is 911. The van der Waals surface area contributed by atoms with Crippen LogP contribution in [0, 0.1) is 34.0 Å². The van der Waals surface area contributed by atoms with Gasteiger partial charge in [-0.1, -0.05) is 59.6 Å². The maximum Gasteiger partial charge on any atom is 0.0985 e. The highest BCUT2D eigenvalue weighted by molar-refractivity contribution is 6.18. The zero-order valence-electron chi connectivity index (χ0n) is 25.3. The number of nitrogens with two attached hydrogens (primary N) is 1. The number of aliphatic hydroxyl groups excluding tert-OH is 1. The second kappa shape index (κ2) is 10.3. The first-order valence-corrected chi connectivity index (χ1v) is 16.7. The Morgan fingerprint density at radius 2 is 1.89 bits per heavy atom. The van der Waals surface area contributed by atoms with Crippen LogP contribution in [0.15, 0.2) is 11.6 Å². The predicted octanol–water partition coefficient (Wildman–Crippen LogP) is 7.27. The Morgan fingerprint density at radius 3 is 2.61 bits per heavy atom. The van der Waals surface area contributed by atoms with Gasteiger partial charge in [0.1, 0.15) is 0 Å². The molecule has 6 aliphatic rings. The largest absolute Gasteiger partial charge is 0.393 e. The smallest absolute Gasteiger partial charge is 0.0985 e. The molecule has 3 saturated carbocycles. The number of rotatable bonds is 5. The van der Waals surface area contributed by atoms with Gasteiger partial charge in [0, 0.05) is 30.8 Å². The SMILES string of the molecule is CC.CCC1CCC2(CC3(N)C(CC(C)CN3CCCl)O2)C2(C)CC12CC1CCC=C2CC(O)CCC21C. The number of piperidine rings is 1. The Hall–Kier alpha value is -0.130. The van der Waals surface area contributed by atoms with Crippen molar-refractivity contribution >= 4 is 11.6 Å². The number of ether oxygens (including phenoxy) is 1. The third kappa shape index (κ3) is 4.12. The van der Waals surface area contributed by atoms with E-state index in [-0.39, 0.29) is 34.3 Å². The fraction of sp³-hybridized carbons (Fsp3) is 0.939. The average molecular weight is 549 g/mol. The van der Waals surface area contributed by atoms with E-state index in [1.54, 1.807) is 5.57 Å². The van der Waals surface area contributed by atoms with Gasteiger partial charge >= 0.3 is 0 Å². The van der Waals surface area contributed by atoms with Gasteiger partial charge in [0.05, 0.1) is 23.5 Å². The highest BCUT2D eigenvalue weighted by Crippen LogP contribution is 2.82. The summed E-state index contributed by atoms with van der Waals surface area (Å²) in [5.74, 6) is 2.75. The Morgan fingerprint density at radius 1 is 1.13 bits per heavy atom. The first-order valence-electron chi connectivity index (χ1n) is 16.2. The van der Waals surface area contributed by atoms with E-state index >= 15 is 0 Å². The van der Waals surface area contributed by atoms with Gasteiger partial charge in [-0.25, -0.2) is 0 Å². The van der Waals surface area contributed by atoms with E-state index in [1.807, 2.05) is 13.8 Å². The molecule has 0 radical (unpaired) electrons. The van der Waals surface area contributed by atoms with E-state index in [4.69, 9.17) is 22.1 Å². The number of likely N-dealkylation sites (tertiary alicyclic amines) is 1. The van der Waals surface area contributed by atoms with Gasteiger partial charge in [0.2, 0.25) is 0 Å². The molecule has 0 aromatic carbocycles. The molecular formula is C33H57ClN2O2. The maximum absolute atomic E-state index is 10.4. The molecule has 0 bridgehead atoms. The first kappa shape index (κ1) is 29.4. The summed E-state index contributed by atoms with van der Waals surface area (Å²) in [6, 6.07) is 0. The second-order valence-corrected chi connectivity index (χ2v) is 15.0. The minimum atomic E-state index is -0.371. The van der Waals surface area contributed by atoms with Crippen LogP contribution in [0.1, 0.15) is 119 Å². The lowest BCUT2D eigenvalue weighted by Gasteiger charge is -2.52. The van der Waals surface area contributed by atoms with Crippen LogP contribution in [-0.2, 0) is 4.74 Å². The number of alkyl halides is 1. The number of halogens is 1. The summed E-state index contributed by atoms with van der Waals surface area (Å²) in [7, 11) is 0. The van der Waals surface area contributed by atoms with Gasteiger partial charge in [-0.05, 0) is 92.8 Å². The molecule has 4 nitrogen and oxygen atoms in total. The summed E-state index contributed by atoms with van der Waals surface area (Å²) in [6.45, 7) is 15.8. The Kier molecular flexibility index (Phi) is 7.96. The standard InChI is InChI=1S/C31H51ClN2O2.C2H6/c1-5-22-9-12-30(20-31(33)26(36-30)15-21(2)18-34(31)14-13-32)28(4)19-29(22,28)17-24-8-6-7-23-16-25(35)10-11-27(23,24)3;1-2/h7,21-22,24-26,35H,5-6,8-20,33H2,1-4H3;1-2H3. The highest BCUT2D eigenvalue weighted by atomic mass is 35.5. The molecule has 0 amide bonds. The summed E-state index contributed by atoms with van der Waals surface area (Å²) in [5, 5.41) is 10.4. The molecule has 0 aromatic heterocycles. The van der Waals surface area contributed by atoms with Gasteiger partial charge < -0.3 is 15.6 Å². The van der Waals surface area contributed by atoms with Crippen LogP contribution in [0.5, 0.6) is 0 Å². The van der Waals surface area contributed by atoms with Crippen molar-refractivity contribution in [1.29, 1.82) is 0 Å². The summed E-state index contributed by atoms with van der Waals surface area (Å²) < 4.78 is 7.30. The first-order chi connectivity index (χ1) is 18.1. The van der Waals surface area contributed by atoms with Crippen LogP contribution in [0.2, 0.25) is 0 Å². The molecule has 5 fully saturated rings. The molecule has 4 aliphatic carbocycles. The van der Waals surface area contributed by atoms with E-state index in [0.29, 0.717) is 17.2 Å². The number of hydrogen-bond donors (Lipinski definition) is 2. The van der Waals surface area contributed by atoms with Gasteiger partial charge in [-0.3, -0.25) is 4.90 Å². The molecule has 10 unspecified atom stereocenters. The minimum Gasteiger partial charge on any atom is -0.393 e. The summed E-state index contributed by atoms with van der Waals surface area (Å²) in [4.78, 5) is 2.49. The van der Waals surface area contributed by atoms with Gasteiger partial charge in [-0.15, -0.1) is 11.6 Å². The monoisotopic (exact) mass is 548 g/mol. The van der Waals surface area contributed by atoms with E-state index in [0.717, 1.165) is 57.0 Å². The summed E-state index contributed by atoms with van der Waals surface area (Å²) in [6.07, 6.45) is 16.4. The normalized spacial score (nSPS) is 51.8. The van der Waals surface area contributed by atoms with Crippen molar-refractivity contribution in [2.75, 3.05) is 19.0 Å². The predicted molar refractivity (Wildman–Crippen MR) is 158 cm³/mol. The lowest BCUT2D eigenvalue weighted by Crippen LogP contribution is -2.66. The van der Waals surface area contributed by atoms with E-state index in [2.05, 4.69) is 38.7 Å². The molecule has 38 heavy (non-hydrogen) atoms. The average Bonchev–Trinajstić information content (AvgIpc) is 3.40. The number of allylic oxidation sites excluding steroid dienone is 1.